The van der Waals surface area contributed by atoms with Gasteiger partial charge in [-0.05, 0) is 49.3 Å². The van der Waals surface area contributed by atoms with Gasteiger partial charge >= 0.3 is 13.5 Å². The van der Waals surface area contributed by atoms with Crippen LogP contribution in [-0.4, -0.2) is 51.3 Å². The second-order valence-electron chi connectivity index (χ2n) is 9.12. The summed E-state index contributed by atoms with van der Waals surface area (Å²) in [5, 5.41) is 10.0. The van der Waals surface area contributed by atoms with E-state index in [0.29, 0.717) is 25.9 Å². The summed E-state index contributed by atoms with van der Waals surface area (Å²) >= 11 is 0. The lowest BCUT2D eigenvalue weighted by atomic mass is 9.75. The van der Waals surface area contributed by atoms with E-state index in [-0.39, 0.29) is 24.0 Å². The van der Waals surface area contributed by atoms with E-state index >= 15 is 0 Å². The van der Waals surface area contributed by atoms with Crippen LogP contribution in [0.4, 0.5) is 0 Å². The van der Waals surface area contributed by atoms with E-state index in [9.17, 15) is 14.4 Å². The molecule has 1 amide bonds. The summed E-state index contributed by atoms with van der Waals surface area (Å²) in [4.78, 5) is 38.7. The zero-order valence-electron chi connectivity index (χ0n) is 20.4. The summed E-state index contributed by atoms with van der Waals surface area (Å²) in [5.41, 5.74) is 0.899. The van der Waals surface area contributed by atoms with Crippen molar-refractivity contribution in [1.82, 2.24) is 5.32 Å². The number of hydrogen-bond acceptors (Lipinski definition) is 7. The second-order valence-corrected chi connectivity index (χ2v) is 9.12. The first kappa shape index (κ1) is 27.4. The van der Waals surface area contributed by atoms with Crippen molar-refractivity contribution in [3.05, 3.63) is 29.8 Å². The number of ketones is 1. The van der Waals surface area contributed by atoms with Crippen molar-refractivity contribution in [3.8, 4) is 5.75 Å². The topological polar surface area (TPSA) is 115 Å². The first-order valence-electron chi connectivity index (χ1n) is 11.9. The highest BCUT2D eigenvalue weighted by molar-refractivity contribution is 6.39. The van der Waals surface area contributed by atoms with Crippen molar-refractivity contribution in [2.75, 3.05) is 13.7 Å². The predicted octanol–water partition coefficient (Wildman–Crippen LogP) is 3.49. The molecule has 0 aliphatic carbocycles. The lowest BCUT2D eigenvalue weighted by molar-refractivity contribution is -0.147. The number of amides is 1. The Labute approximate surface area is 202 Å². The van der Waals surface area contributed by atoms with Crippen molar-refractivity contribution in [2.45, 2.75) is 70.7 Å². The third-order valence-corrected chi connectivity index (χ3v) is 5.89. The zero-order chi connectivity index (χ0) is 24.9. The SMILES string of the molecule is COC(=O)[C@@H]1CCCCCOc2ccc(cc2)C[C@H]([B]OC=N)C(=O)N[C@@H](CC(C)C)C(=O)C1. The monoisotopic (exact) mass is 471 g/mol. The molecule has 8 nitrogen and oxygen atoms in total. The Morgan fingerprint density at radius 1 is 1.21 bits per heavy atom. The number of hydrogen-bond donors (Lipinski definition) is 2. The highest BCUT2D eigenvalue weighted by Gasteiger charge is 2.31. The van der Waals surface area contributed by atoms with Crippen LogP contribution in [-0.2, 0) is 30.2 Å². The Morgan fingerprint density at radius 2 is 1.94 bits per heavy atom. The number of Topliss-reactive ketones (excluding diaryl/α,β-unsaturated/α-hetero) is 1. The zero-order valence-corrected chi connectivity index (χ0v) is 20.4. The molecule has 2 N–H and O–H groups in total. The lowest BCUT2D eigenvalue weighted by Gasteiger charge is -2.24. The molecule has 2 heterocycles. The minimum atomic E-state index is -0.717. The fourth-order valence-electron chi connectivity index (χ4n) is 4.05. The Balaban J connectivity index is 2.29. The van der Waals surface area contributed by atoms with Crippen LogP contribution in [0.5, 0.6) is 5.75 Å². The van der Waals surface area contributed by atoms with Gasteiger partial charge < -0.3 is 19.4 Å². The first-order chi connectivity index (χ1) is 16.3. The number of rotatable bonds is 6. The molecule has 0 unspecified atom stereocenters. The lowest BCUT2D eigenvalue weighted by Crippen LogP contribution is -2.45. The summed E-state index contributed by atoms with van der Waals surface area (Å²) in [7, 11) is 2.63. The van der Waals surface area contributed by atoms with Gasteiger partial charge in [0.15, 0.2) is 5.78 Å². The Morgan fingerprint density at radius 3 is 2.59 bits per heavy atom. The molecule has 3 atom stereocenters. The number of benzene rings is 1. The molecule has 0 fully saturated rings. The van der Waals surface area contributed by atoms with E-state index in [1.54, 1.807) is 0 Å². The van der Waals surface area contributed by atoms with Crippen LogP contribution in [0, 0.1) is 17.2 Å². The second kappa shape index (κ2) is 14.4. The van der Waals surface area contributed by atoms with Crippen molar-refractivity contribution in [3.63, 3.8) is 0 Å². The van der Waals surface area contributed by atoms with Gasteiger partial charge in [-0.1, -0.05) is 38.8 Å². The maximum Gasteiger partial charge on any atom is 0.384 e. The van der Waals surface area contributed by atoms with Gasteiger partial charge in [0.25, 0.3) is 0 Å². The fraction of sp³-hybridized carbons (Fsp3) is 0.600. The number of esters is 1. The van der Waals surface area contributed by atoms with Crippen LogP contribution < -0.4 is 10.1 Å². The molecule has 1 radical (unpaired) electrons. The summed E-state index contributed by atoms with van der Waals surface area (Å²) in [6.07, 6.45) is 4.61. The summed E-state index contributed by atoms with van der Waals surface area (Å²) in [6, 6.07) is 6.81. The van der Waals surface area contributed by atoms with Crippen LogP contribution >= 0.6 is 0 Å². The smallest absolute Gasteiger partial charge is 0.384 e. The highest BCUT2D eigenvalue weighted by atomic mass is 16.5. The van der Waals surface area contributed by atoms with Crippen molar-refractivity contribution >= 4 is 31.5 Å². The van der Waals surface area contributed by atoms with Gasteiger partial charge in [-0.3, -0.25) is 19.8 Å². The molecule has 0 aromatic heterocycles. The quantitative estimate of drug-likeness (QED) is 0.284. The molecular weight excluding hydrogens is 435 g/mol. The molecule has 9 heteroatoms. The van der Waals surface area contributed by atoms with Gasteiger partial charge in [-0.15, -0.1) is 0 Å². The summed E-state index contributed by atoms with van der Waals surface area (Å²) < 4.78 is 15.7. The van der Waals surface area contributed by atoms with E-state index in [2.05, 4.69) is 5.32 Å². The molecule has 34 heavy (non-hydrogen) atoms. The molecule has 0 saturated carbocycles. The third kappa shape index (κ3) is 9.19. The fourth-order valence-corrected chi connectivity index (χ4v) is 4.05. The molecule has 1 aromatic rings. The number of ether oxygens (including phenoxy) is 2. The van der Waals surface area contributed by atoms with Crippen LogP contribution in [0.25, 0.3) is 0 Å². The normalized spacial score (nSPS) is 22.6. The van der Waals surface area contributed by atoms with Gasteiger partial charge in [0.1, 0.15) is 12.2 Å². The molecule has 2 aliphatic rings. The molecule has 0 saturated heterocycles. The minimum absolute atomic E-state index is 0.0208. The molecule has 0 spiro atoms. The number of fused-ring (bicyclic) bond motifs is 15. The van der Waals surface area contributed by atoms with Crippen LogP contribution in [0.2, 0.25) is 5.82 Å². The molecule has 185 valence electrons. The van der Waals surface area contributed by atoms with Crippen LogP contribution in [0.1, 0.15) is 57.9 Å². The number of carbonyl (C=O) groups excluding carboxylic acids is 3. The van der Waals surface area contributed by atoms with Gasteiger partial charge in [0.05, 0.1) is 31.5 Å². The largest absolute Gasteiger partial charge is 0.555 e. The average molecular weight is 471 g/mol. The van der Waals surface area contributed by atoms with Crippen molar-refractivity contribution in [1.29, 1.82) is 5.41 Å². The number of carbonyl (C=O) groups is 3. The minimum Gasteiger partial charge on any atom is -0.555 e. The van der Waals surface area contributed by atoms with Crippen molar-refractivity contribution in [2.24, 2.45) is 11.8 Å². The Kier molecular flexibility index (Phi) is 11.6. The van der Waals surface area contributed by atoms with Gasteiger partial charge in [0.2, 0.25) is 5.91 Å². The summed E-state index contributed by atoms with van der Waals surface area (Å²) in [5.74, 6) is -1.28. The summed E-state index contributed by atoms with van der Waals surface area (Å²) in [6.45, 7) is 4.52. The van der Waals surface area contributed by atoms with E-state index in [1.807, 2.05) is 38.1 Å². The van der Waals surface area contributed by atoms with Crippen LogP contribution in [0.3, 0.4) is 0 Å². The molecule has 1 aromatic carbocycles. The van der Waals surface area contributed by atoms with Gasteiger partial charge in [0, 0.05) is 6.42 Å². The van der Waals surface area contributed by atoms with Crippen LogP contribution in [0.15, 0.2) is 24.3 Å². The molecular formula is C25H36BN2O6. The molecule has 3 rings (SSSR count). The van der Waals surface area contributed by atoms with E-state index < -0.39 is 23.7 Å². The molecule has 2 bridgehead atoms. The predicted molar refractivity (Wildman–Crippen MR) is 130 cm³/mol. The van der Waals surface area contributed by atoms with E-state index in [4.69, 9.17) is 19.5 Å². The van der Waals surface area contributed by atoms with Gasteiger partial charge in [-0.25, -0.2) is 0 Å². The Bertz CT molecular complexity index is 814. The van der Waals surface area contributed by atoms with Gasteiger partial charge in [-0.2, -0.15) is 0 Å². The maximum absolute atomic E-state index is 13.2. The first-order valence-corrected chi connectivity index (χ1v) is 11.9. The highest BCUT2D eigenvalue weighted by Crippen LogP contribution is 2.22. The average Bonchev–Trinajstić information content (AvgIpc) is 2.81. The maximum atomic E-state index is 13.2. The van der Waals surface area contributed by atoms with E-state index in [1.165, 1.54) is 14.6 Å². The standard InChI is InChI=1S/C25H36BN2O6/c1-17(2)13-22-23(29)15-19(25(31)32-3)7-5-4-6-12-33-20-10-8-18(9-11-20)14-21(24(30)28-22)26-34-16-27/h8-11,16-17,19,21-22,27H,4-7,12-15H2,1-3H3,(H,28,30)/t19-,21+,22+/m1/s1. The van der Waals surface area contributed by atoms with E-state index in [0.717, 1.165) is 37.0 Å². The number of methoxy groups -OCH3 is 1. The number of nitrogens with one attached hydrogen (secondary N) is 2. The van der Waals surface area contributed by atoms with Crippen molar-refractivity contribution < 1.29 is 28.5 Å². The molecule has 2 aliphatic heterocycles. The Hall–Kier alpha value is -2.84. The third-order valence-electron chi connectivity index (χ3n) is 5.89.